The quantitative estimate of drug-likeness (QED) is 0.712. The summed E-state index contributed by atoms with van der Waals surface area (Å²) in [6, 6.07) is 0. The standard InChI is InChI=1S/C18H30N4O2S2/c1-13(2)24-17-19-22(18(25)26-17)12-20-9-6-15(7-10-20)16(23)21-8-4-5-14(3)11-21/h13-15H,4-12H2,1-3H3. The zero-order valence-corrected chi connectivity index (χ0v) is 17.7. The van der Waals surface area contributed by atoms with Crippen LogP contribution in [0.5, 0.6) is 5.19 Å². The van der Waals surface area contributed by atoms with E-state index in [4.69, 9.17) is 17.0 Å². The molecular weight excluding hydrogens is 368 g/mol. The first-order valence-electron chi connectivity index (χ1n) is 9.68. The van der Waals surface area contributed by atoms with Crippen LogP contribution >= 0.6 is 23.6 Å². The van der Waals surface area contributed by atoms with E-state index in [9.17, 15) is 4.79 Å². The Bertz CT molecular complexity index is 664. The maximum atomic E-state index is 12.8. The van der Waals surface area contributed by atoms with Crippen molar-refractivity contribution in [3.8, 4) is 5.19 Å². The molecule has 2 fully saturated rings. The summed E-state index contributed by atoms with van der Waals surface area (Å²) < 4.78 is 8.22. The van der Waals surface area contributed by atoms with Gasteiger partial charge >= 0.3 is 0 Å². The summed E-state index contributed by atoms with van der Waals surface area (Å²) in [4.78, 5) is 17.2. The van der Waals surface area contributed by atoms with Crippen molar-refractivity contribution in [3.05, 3.63) is 3.95 Å². The van der Waals surface area contributed by atoms with Gasteiger partial charge in [0.15, 0.2) is 3.95 Å². The third-order valence-electron chi connectivity index (χ3n) is 5.16. The number of hydrogen-bond donors (Lipinski definition) is 0. The van der Waals surface area contributed by atoms with Crippen LogP contribution < -0.4 is 4.74 Å². The predicted molar refractivity (Wildman–Crippen MR) is 106 cm³/mol. The lowest BCUT2D eigenvalue weighted by molar-refractivity contribution is -0.139. The Kier molecular flexibility index (Phi) is 6.69. The Hall–Kier alpha value is -0.990. The number of likely N-dealkylation sites (tertiary alicyclic amines) is 2. The van der Waals surface area contributed by atoms with Gasteiger partial charge < -0.3 is 9.64 Å². The summed E-state index contributed by atoms with van der Waals surface area (Å²) in [6.07, 6.45) is 4.35. The zero-order chi connectivity index (χ0) is 18.7. The molecule has 0 aliphatic carbocycles. The number of nitrogens with zero attached hydrogens (tertiary/aromatic N) is 4. The Labute approximate surface area is 165 Å². The van der Waals surface area contributed by atoms with Crippen LogP contribution in [-0.4, -0.2) is 57.8 Å². The molecule has 2 aliphatic rings. The molecule has 1 atom stereocenters. The number of ether oxygens (including phenoxy) is 1. The minimum atomic E-state index is 0.100. The molecule has 0 bridgehead atoms. The number of amides is 1. The van der Waals surface area contributed by atoms with E-state index in [1.54, 1.807) is 0 Å². The monoisotopic (exact) mass is 398 g/mol. The van der Waals surface area contributed by atoms with E-state index in [-0.39, 0.29) is 12.0 Å². The molecule has 3 rings (SSSR count). The minimum absolute atomic E-state index is 0.100. The second kappa shape index (κ2) is 8.80. The molecule has 2 aliphatic heterocycles. The lowest BCUT2D eigenvalue weighted by Gasteiger charge is -2.37. The predicted octanol–water partition coefficient (Wildman–Crippen LogP) is 3.39. The molecule has 1 unspecified atom stereocenters. The molecule has 0 radical (unpaired) electrons. The molecule has 0 saturated carbocycles. The van der Waals surface area contributed by atoms with Crippen molar-refractivity contribution >= 4 is 29.5 Å². The Balaban J connectivity index is 1.50. The summed E-state index contributed by atoms with van der Waals surface area (Å²) in [5.74, 6) is 1.19. The van der Waals surface area contributed by atoms with Crippen LogP contribution in [-0.2, 0) is 11.5 Å². The second-order valence-corrected chi connectivity index (χ2v) is 9.45. The molecular formula is C18H30N4O2S2. The minimum Gasteiger partial charge on any atom is -0.466 e. The van der Waals surface area contributed by atoms with Gasteiger partial charge in [-0.1, -0.05) is 6.92 Å². The SMILES string of the molecule is CC1CCCN(C(=O)C2CCN(Cn3nc(OC(C)C)sc3=S)CC2)C1. The van der Waals surface area contributed by atoms with Crippen molar-refractivity contribution in [2.75, 3.05) is 26.2 Å². The number of aromatic nitrogens is 2. The lowest BCUT2D eigenvalue weighted by atomic mass is 9.93. The number of piperidine rings is 2. The molecule has 2 saturated heterocycles. The van der Waals surface area contributed by atoms with Crippen LogP contribution in [0.3, 0.4) is 0 Å². The van der Waals surface area contributed by atoms with E-state index in [0.717, 1.165) is 49.4 Å². The fourth-order valence-corrected chi connectivity index (χ4v) is 4.83. The fraction of sp³-hybridized carbons (Fsp3) is 0.833. The van der Waals surface area contributed by atoms with Gasteiger partial charge in [-0.2, -0.15) is 0 Å². The van der Waals surface area contributed by atoms with E-state index in [1.807, 2.05) is 18.5 Å². The first kappa shape index (κ1) is 19.8. The van der Waals surface area contributed by atoms with Crippen molar-refractivity contribution in [2.24, 2.45) is 11.8 Å². The molecule has 1 amide bonds. The average Bonchev–Trinajstić information content (AvgIpc) is 2.93. The van der Waals surface area contributed by atoms with Crippen LogP contribution in [0, 0.1) is 15.8 Å². The highest BCUT2D eigenvalue weighted by Crippen LogP contribution is 2.25. The van der Waals surface area contributed by atoms with Crippen molar-refractivity contribution in [1.82, 2.24) is 19.6 Å². The number of hydrogen-bond acceptors (Lipinski definition) is 6. The highest BCUT2D eigenvalue weighted by molar-refractivity contribution is 7.73. The molecule has 6 nitrogen and oxygen atoms in total. The topological polar surface area (TPSA) is 50.6 Å². The summed E-state index contributed by atoms with van der Waals surface area (Å²) in [5.41, 5.74) is 0. The first-order valence-corrected chi connectivity index (χ1v) is 10.9. The normalized spacial score (nSPS) is 22.8. The van der Waals surface area contributed by atoms with E-state index < -0.39 is 0 Å². The van der Waals surface area contributed by atoms with Crippen LogP contribution in [0.1, 0.15) is 46.5 Å². The maximum Gasteiger partial charge on any atom is 0.293 e. The maximum absolute atomic E-state index is 12.8. The second-order valence-electron chi connectivity index (χ2n) is 7.87. The van der Waals surface area contributed by atoms with Gasteiger partial charge in [0, 0.05) is 32.1 Å². The lowest BCUT2D eigenvalue weighted by Crippen LogP contribution is -2.46. The Morgan fingerprint density at radius 3 is 2.69 bits per heavy atom. The third kappa shape index (κ3) is 5.04. The first-order chi connectivity index (χ1) is 12.4. The van der Waals surface area contributed by atoms with E-state index in [2.05, 4.69) is 21.8 Å². The number of rotatable bonds is 5. The van der Waals surface area contributed by atoms with E-state index >= 15 is 0 Å². The van der Waals surface area contributed by atoms with Crippen LogP contribution in [0.4, 0.5) is 0 Å². The van der Waals surface area contributed by atoms with Gasteiger partial charge in [-0.3, -0.25) is 9.69 Å². The molecule has 1 aromatic rings. The van der Waals surface area contributed by atoms with Crippen LogP contribution in [0.15, 0.2) is 0 Å². The van der Waals surface area contributed by atoms with Gasteiger partial charge in [-0.05, 0) is 69.0 Å². The van der Waals surface area contributed by atoms with E-state index in [0.29, 0.717) is 23.7 Å². The fourth-order valence-electron chi connectivity index (χ4n) is 3.78. The van der Waals surface area contributed by atoms with Crippen molar-refractivity contribution < 1.29 is 9.53 Å². The smallest absolute Gasteiger partial charge is 0.293 e. The van der Waals surface area contributed by atoms with E-state index in [1.165, 1.54) is 17.8 Å². The summed E-state index contributed by atoms with van der Waals surface area (Å²) in [5, 5.41) is 5.11. The Morgan fingerprint density at radius 1 is 1.31 bits per heavy atom. The molecule has 8 heteroatoms. The van der Waals surface area contributed by atoms with Crippen LogP contribution in [0.2, 0.25) is 0 Å². The molecule has 0 spiro atoms. The molecule has 3 heterocycles. The van der Waals surface area contributed by atoms with Gasteiger partial charge in [-0.25, -0.2) is 4.68 Å². The van der Waals surface area contributed by atoms with Gasteiger partial charge in [0.2, 0.25) is 5.91 Å². The molecule has 0 aromatic carbocycles. The largest absolute Gasteiger partial charge is 0.466 e. The average molecular weight is 399 g/mol. The highest BCUT2D eigenvalue weighted by Gasteiger charge is 2.30. The van der Waals surface area contributed by atoms with Crippen LogP contribution in [0.25, 0.3) is 0 Å². The van der Waals surface area contributed by atoms with Crippen molar-refractivity contribution in [2.45, 2.75) is 59.2 Å². The van der Waals surface area contributed by atoms with Gasteiger partial charge in [0.05, 0.1) is 12.8 Å². The highest BCUT2D eigenvalue weighted by atomic mass is 32.1. The molecule has 146 valence electrons. The molecule has 26 heavy (non-hydrogen) atoms. The van der Waals surface area contributed by atoms with Gasteiger partial charge in [0.1, 0.15) is 0 Å². The zero-order valence-electron chi connectivity index (χ0n) is 16.0. The summed E-state index contributed by atoms with van der Waals surface area (Å²) >= 11 is 6.82. The van der Waals surface area contributed by atoms with Gasteiger partial charge in [0.25, 0.3) is 5.19 Å². The Morgan fingerprint density at radius 2 is 2.04 bits per heavy atom. The third-order valence-corrected chi connectivity index (χ3v) is 6.36. The van der Waals surface area contributed by atoms with Gasteiger partial charge in [-0.15, -0.1) is 5.10 Å². The summed E-state index contributed by atoms with van der Waals surface area (Å²) in [7, 11) is 0. The summed E-state index contributed by atoms with van der Waals surface area (Å²) in [6.45, 7) is 10.6. The number of carbonyl (C=O) groups is 1. The molecule has 0 N–H and O–H groups in total. The molecule has 1 aromatic heterocycles. The van der Waals surface area contributed by atoms with Crippen molar-refractivity contribution in [1.29, 1.82) is 0 Å². The number of carbonyl (C=O) groups excluding carboxylic acids is 1. The van der Waals surface area contributed by atoms with Crippen molar-refractivity contribution in [3.63, 3.8) is 0 Å².